The summed E-state index contributed by atoms with van der Waals surface area (Å²) in [5.41, 5.74) is 4.80. The van der Waals surface area contributed by atoms with Crippen molar-refractivity contribution in [2.24, 2.45) is 11.7 Å². The summed E-state index contributed by atoms with van der Waals surface area (Å²) in [6.45, 7) is 3.12. The van der Waals surface area contributed by atoms with Crippen LogP contribution in [0.25, 0.3) is 0 Å². The van der Waals surface area contributed by atoms with Gasteiger partial charge in [0.25, 0.3) is 0 Å². The van der Waals surface area contributed by atoms with Gasteiger partial charge in [0, 0.05) is 6.54 Å². The summed E-state index contributed by atoms with van der Waals surface area (Å²) in [5.74, 6) is 0.213. The van der Waals surface area contributed by atoms with Gasteiger partial charge in [-0.2, -0.15) is 0 Å². The number of hydrogen-bond donors (Lipinski definition) is 3. The molecule has 0 aromatic heterocycles. The fourth-order valence-electron chi connectivity index (χ4n) is 1.76. The first kappa shape index (κ1) is 11.9. The van der Waals surface area contributed by atoms with E-state index >= 15 is 0 Å². The van der Waals surface area contributed by atoms with Crippen LogP contribution in [0.15, 0.2) is 0 Å². The number of primary amides is 1. The van der Waals surface area contributed by atoms with E-state index in [4.69, 9.17) is 5.73 Å². The van der Waals surface area contributed by atoms with E-state index in [1.165, 1.54) is 0 Å². The van der Waals surface area contributed by atoms with Crippen LogP contribution < -0.4 is 16.4 Å². The lowest BCUT2D eigenvalue weighted by Crippen LogP contribution is -2.41. The van der Waals surface area contributed by atoms with E-state index in [2.05, 4.69) is 17.3 Å². The zero-order valence-corrected chi connectivity index (χ0v) is 8.95. The zero-order chi connectivity index (χ0) is 11.3. The van der Waals surface area contributed by atoms with E-state index < -0.39 is 6.03 Å². The fraction of sp³-hybridized carbons (Fsp3) is 0.778. The number of nitrogens with two attached hydrogens (primary N) is 1. The molecule has 6 heteroatoms. The van der Waals surface area contributed by atoms with Crippen molar-refractivity contribution < 1.29 is 9.59 Å². The van der Waals surface area contributed by atoms with Crippen LogP contribution in [-0.4, -0.2) is 50.1 Å². The molecule has 6 nitrogen and oxygen atoms in total. The van der Waals surface area contributed by atoms with Crippen molar-refractivity contribution in [1.82, 2.24) is 15.5 Å². The van der Waals surface area contributed by atoms with E-state index in [1.54, 1.807) is 0 Å². The minimum absolute atomic E-state index is 0.142. The zero-order valence-electron chi connectivity index (χ0n) is 8.95. The number of nitrogens with zero attached hydrogens (tertiary/aromatic N) is 1. The maximum absolute atomic E-state index is 11.0. The first-order chi connectivity index (χ1) is 7.08. The highest BCUT2D eigenvalue weighted by atomic mass is 16.2. The Labute approximate surface area is 89.2 Å². The molecule has 86 valence electrons. The van der Waals surface area contributed by atoms with Crippen molar-refractivity contribution in [3.05, 3.63) is 0 Å². The number of carbonyl (C=O) groups is 2. The average Bonchev–Trinajstić information content (AvgIpc) is 2.50. The summed E-state index contributed by atoms with van der Waals surface area (Å²) in [5, 5.41) is 5.01. The molecule has 0 radical (unpaired) electrons. The summed E-state index contributed by atoms with van der Waals surface area (Å²) in [6, 6.07) is -0.803. The smallest absolute Gasteiger partial charge is 0.318 e. The van der Waals surface area contributed by atoms with Gasteiger partial charge < -0.3 is 16.0 Å². The van der Waals surface area contributed by atoms with Crippen LogP contribution in [0.4, 0.5) is 4.79 Å². The van der Waals surface area contributed by atoms with Crippen molar-refractivity contribution in [2.75, 3.05) is 33.2 Å². The SMILES string of the molecule is CN1CCC(CNCC(=O)NC(N)=O)C1. The molecule has 1 rings (SSSR count). The molecule has 0 aromatic carbocycles. The lowest BCUT2D eigenvalue weighted by atomic mass is 10.1. The Bertz CT molecular complexity index is 244. The Kier molecular flexibility index (Phi) is 4.51. The van der Waals surface area contributed by atoms with Crippen LogP contribution in [0.5, 0.6) is 0 Å². The number of hydrogen-bond acceptors (Lipinski definition) is 4. The summed E-state index contributed by atoms with van der Waals surface area (Å²) in [4.78, 5) is 23.6. The molecule has 15 heavy (non-hydrogen) atoms. The van der Waals surface area contributed by atoms with E-state index in [1.807, 2.05) is 5.32 Å². The van der Waals surface area contributed by atoms with Gasteiger partial charge in [0.05, 0.1) is 6.54 Å². The number of nitrogens with one attached hydrogen (secondary N) is 2. The van der Waals surface area contributed by atoms with Gasteiger partial charge in [0.1, 0.15) is 0 Å². The summed E-state index contributed by atoms with van der Waals surface area (Å²) in [6.07, 6.45) is 1.15. The fourth-order valence-corrected chi connectivity index (χ4v) is 1.76. The summed E-state index contributed by atoms with van der Waals surface area (Å²) >= 11 is 0. The Hall–Kier alpha value is -1.14. The van der Waals surface area contributed by atoms with Gasteiger partial charge in [0.2, 0.25) is 5.91 Å². The van der Waals surface area contributed by atoms with Crippen molar-refractivity contribution in [3.8, 4) is 0 Å². The predicted molar refractivity (Wildman–Crippen MR) is 56.2 cm³/mol. The van der Waals surface area contributed by atoms with Crippen molar-refractivity contribution >= 4 is 11.9 Å². The third kappa shape index (κ3) is 4.75. The molecular formula is C9H18N4O2. The van der Waals surface area contributed by atoms with E-state index in [0.717, 1.165) is 26.1 Å². The Morgan fingerprint density at radius 2 is 2.27 bits per heavy atom. The van der Waals surface area contributed by atoms with Gasteiger partial charge >= 0.3 is 6.03 Å². The molecule has 0 saturated carbocycles. The summed E-state index contributed by atoms with van der Waals surface area (Å²) < 4.78 is 0. The molecule has 1 heterocycles. The van der Waals surface area contributed by atoms with E-state index in [9.17, 15) is 9.59 Å². The van der Waals surface area contributed by atoms with Crippen molar-refractivity contribution in [2.45, 2.75) is 6.42 Å². The maximum Gasteiger partial charge on any atom is 0.318 e. The third-order valence-corrected chi connectivity index (χ3v) is 2.47. The second-order valence-corrected chi connectivity index (χ2v) is 3.96. The van der Waals surface area contributed by atoms with Gasteiger partial charge in [-0.3, -0.25) is 10.1 Å². The highest BCUT2D eigenvalue weighted by molar-refractivity contribution is 5.94. The third-order valence-electron chi connectivity index (χ3n) is 2.47. The Morgan fingerprint density at radius 1 is 1.53 bits per heavy atom. The van der Waals surface area contributed by atoms with Crippen LogP contribution >= 0.6 is 0 Å². The number of rotatable bonds is 4. The normalized spacial score (nSPS) is 21.5. The Balaban J connectivity index is 2.06. The van der Waals surface area contributed by atoms with E-state index in [-0.39, 0.29) is 12.5 Å². The van der Waals surface area contributed by atoms with Gasteiger partial charge in [-0.25, -0.2) is 4.79 Å². The van der Waals surface area contributed by atoms with E-state index in [0.29, 0.717) is 5.92 Å². The second-order valence-electron chi connectivity index (χ2n) is 3.96. The molecule has 4 N–H and O–H groups in total. The monoisotopic (exact) mass is 214 g/mol. The topological polar surface area (TPSA) is 87.5 Å². The molecule has 0 bridgehead atoms. The minimum Gasteiger partial charge on any atom is -0.351 e. The Morgan fingerprint density at radius 3 is 2.80 bits per heavy atom. The number of likely N-dealkylation sites (tertiary alicyclic amines) is 1. The van der Waals surface area contributed by atoms with Gasteiger partial charge in [-0.05, 0) is 32.5 Å². The first-order valence-corrected chi connectivity index (χ1v) is 5.06. The van der Waals surface area contributed by atoms with Crippen LogP contribution in [-0.2, 0) is 4.79 Å². The van der Waals surface area contributed by atoms with Crippen LogP contribution in [0, 0.1) is 5.92 Å². The molecule has 1 unspecified atom stereocenters. The lowest BCUT2D eigenvalue weighted by Gasteiger charge is -2.10. The molecule has 1 saturated heterocycles. The van der Waals surface area contributed by atoms with Crippen LogP contribution in [0.2, 0.25) is 0 Å². The molecule has 0 aliphatic carbocycles. The minimum atomic E-state index is -0.803. The van der Waals surface area contributed by atoms with Gasteiger partial charge in [-0.15, -0.1) is 0 Å². The van der Waals surface area contributed by atoms with Crippen molar-refractivity contribution in [3.63, 3.8) is 0 Å². The maximum atomic E-state index is 11.0. The molecule has 0 spiro atoms. The lowest BCUT2D eigenvalue weighted by molar-refractivity contribution is -0.119. The number of urea groups is 1. The molecular weight excluding hydrogens is 196 g/mol. The largest absolute Gasteiger partial charge is 0.351 e. The molecule has 1 fully saturated rings. The predicted octanol–water partition coefficient (Wildman–Crippen LogP) is -1.28. The quantitative estimate of drug-likeness (QED) is 0.544. The molecule has 1 aliphatic rings. The highest BCUT2D eigenvalue weighted by Gasteiger charge is 2.18. The van der Waals surface area contributed by atoms with Gasteiger partial charge in [-0.1, -0.05) is 0 Å². The summed E-state index contributed by atoms with van der Waals surface area (Å²) in [7, 11) is 2.08. The molecule has 0 aromatic rings. The molecule has 1 aliphatic heterocycles. The number of imide groups is 1. The standard InChI is InChI=1S/C9H18N4O2/c1-13-3-2-7(6-13)4-11-5-8(14)12-9(10)15/h7,11H,2-6H2,1H3,(H3,10,12,14,15). The van der Waals surface area contributed by atoms with Crippen molar-refractivity contribution in [1.29, 1.82) is 0 Å². The molecule has 1 atom stereocenters. The molecule has 3 amide bonds. The van der Waals surface area contributed by atoms with Crippen LogP contribution in [0.1, 0.15) is 6.42 Å². The number of carbonyl (C=O) groups excluding carboxylic acids is 2. The highest BCUT2D eigenvalue weighted by Crippen LogP contribution is 2.12. The first-order valence-electron chi connectivity index (χ1n) is 5.06. The average molecular weight is 214 g/mol. The van der Waals surface area contributed by atoms with Crippen LogP contribution in [0.3, 0.4) is 0 Å². The van der Waals surface area contributed by atoms with Gasteiger partial charge in [0.15, 0.2) is 0 Å². The number of amides is 3. The second kappa shape index (κ2) is 5.67.